The summed E-state index contributed by atoms with van der Waals surface area (Å²) in [5.41, 5.74) is 0.425. The van der Waals surface area contributed by atoms with Crippen LogP contribution in [0.15, 0.2) is 12.1 Å². The molecule has 0 atom stereocenters. The van der Waals surface area contributed by atoms with Gasteiger partial charge in [0.15, 0.2) is 17.3 Å². The van der Waals surface area contributed by atoms with Gasteiger partial charge >= 0.3 is 0 Å². The van der Waals surface area contributed by atoms with Crippen LogP contribution in [-0.2, 0) is 0 Å². The Morgan fingerprint density at radius 3 is 2.56 bits per heavy atom. The van der Waals surface area contributed by atoms with Crippen LogP contribution in [0.3, 0.4) is 0 Å². The smallest absolute Gasteiger partial charge is 0.180 e. The van der Waals surface area contributed by atoms with E-state index in [0.29, 0.717) is 17.1 Å². The summed E-state index contributed by atoms with van der Waals surface area (Å²) in [6.07, 6.45) is 0. The molecule has 1 N–H and O–H groups in total. The summed E-state index contributed by atoms with van der Waals surface area (Å²) < 4.78 is 10.2. The van der Waals surface area contributed by atoms with E-state index in [4.69, 9.17) is 21.1 Å². The molecule has 1 rings (SSSR count). The maximum absolute atomic E-state index is 11.7. The number of carbonyl (C=O) groups is 1. The van der Waals surface area contributed by atoms with E-state index in [1.165, 1.54) is 14.2 Å². The van der Waals surface area contributed by atoms with E-state index in [2.05, 4.69) is 5.32 Å². The molecule has 0 saturated carbocycles. The molecule has 0 amide bonds. The van der Waals surface area contributed by atoms with E-state index in [1.807, 2.05) is 0 Å². The summed E-state index contributed by atoms with van der Waals surface area (Å²) in [6.45, 7) is 0.231. The topological polar surface area (TPSA) is 47.6 Å². The average molecular weight is 244 g/mol. The normalized spacial score (nSPS) is 10.0. The number of ether oxygens (including phenoxy) is 2. The zero-order valence-electron chi connectivity index (χ0n) is 9.46. The van der Waals surface area contributed by atoms with Crippen LogP contribution in [0, 0.1) is 0 Å². The van der Waals surface area contributed by atoms with Gasteiger partial charge in [-0.25, -0.2) is 0 Å². The molecule has 0 heterocycles. The Morgan fingerprint density at radius 2 is 2.06 bits per heavy atom. The van der Waals surface area contributed by atoms with Crippen molar-refractivity contribution in [3.63, 3.8) is 0 Å². The number of Topliss-reactive ketones (excluding diaryl/α,β-unsaturated/α-hetero) is 1. The number of carbonyl (C=O) groups excluding carboxylic acids is 1. The Labute approximate surface area is 99.5 Å². The van der Waals surface area contributed by atoms with Crippen LogP contribution in [0.5, 0.6) is 11.5 Å². The van der Waals surface area contributed by atoms with Gasteiger partial charge in [0.1, 0.15) is 0 Å². The fourth-order valence-electron chi connectivity index (χ4n) is 1.36. The number of ketones is 1. The number of benzene rings is 1. The van der Waals surface area contributed by atoms with Gasteiger partial charge in [-0.3, -0.25) is 4.79 Å². The summed E-state index contributed by atoms with van der Waals surface area (Å²) in [5.74, 6) is 0.799. The third-order valence-electron chi connectivity index (χ3n) is 2.12. The minimum absolute atomic E-state index is 0.0894. The molecule has 1 aromatic rings. The number of hydrogen-bond acceptors (Lipinski definition) is 4. The number of nitrogens with one attached hydrogen (secondary N) is 1. The molecule has 0 radical (unpaired) electrons. The molecule has 4 nitrogen and oxygen atoms in total. The highest BCUT2D eigenvalue weighted by molar-refractivity contribution is 6.35. The van der Waals surface area contributed by atoms with Gasteiger partial charge < -0.3 is 14.8 Å². The minimum Gasteiger partial charge on any atom is -0.493 e. The van der Waals surface area contributed by atoms with Crippen molar-refractivity contribution in [1.82, 2.24) is 5.32 Å². The van der Waals surface area contributed by atoms with Crippen LogP contribution in [0.2, 0.25) is 5.02 Å². The zero-order valence-corrected chi connectivity index (χ0v) is 10.2. The molecule has 0 spiro atoms. The van der Waals surface area contributed by atoms with Crippen molar-refractivity contribution < 1.29 is 14.3 Å². The van der Waals surface area contributed by atoms with Crippen molar-refractivity contribution in [2.24, 2.45) is 0 Å². The number of hydrogen-bond donors (Lipinski definition) is 1. The molecule has 1 aromatic carbocycles. The molecule has 88 valence electrons. The van der Waals surface area contributed by atoms with E-state index < -0.39 is 0 Å². The van der Waals surface area contributed by atoms with Crippen molar-refractivity contribution >= 4 is 17.4 Å². The van der Waals surface area contributed by atoms with E-state index in [1.54, 1.807) is 19.2 Å². The number of rotatable bonds is 5. The standard InChI is InChI=1S/C11H14ClNO3/c1-13-6-8(14)7-4-5-9(15-2)11(16-3)10(7)12/h4-5,13H,6H2,1-3H3. The van der Waals surface area contributed by atoms with Crippen LogP contribution < -0.4 is 14.8 Å². The van der Waals surface area contributed by atoms with Crippen LogP contribution in [0.1, 0.15) is 10.4 Å². The zero-order chi connectivity index (χ0) is 12.1. The highest BCUT2D eigenvalue weighted by Gasteiger charge is 2.17. The lowest BCUT2D eigenvalue weighted by Gasteiger charge is -2.11. The summed E-state index contributed by atoms with van der Waals surface area (Å²) in [6, 6.07) is 3.29. The van der Waals surface area contributed by atoms with Gasteiger partial charge in [-0.15, -0.1) is 0 Å². The molecule has 0 aromatic heterocycles. The van der Waals surface area contributed by atoms with Crippen molar-refractivity contribution in [1.29, 1.82) is 0 Å². The lowest BCUT2D eigenvalue weighted by atomic mass is 10.1. The molecule has 0 aliphatic rings. The second kappa shape index (κ2) is 5.72. The molecule has 0 aliphatic carbocycles. The van der Waals surface area contributed by atoms with Crippen LogP contribution in [-0.4, -0.2) is 33.6 Å². The second-order valence-electron chi connectivity index (χ2n) is 3.12. The summed E-state index contributed by atoms with van der Waals surface area (Å²) in [5, 5.41) is 3.06. The van der Waals surface area contributed by atoms with E-state index >= 15 is 0 Å². The third-order valence-corrected chi connectivity index (χ3v) is 2.50. The third kappa shape index (κ3) is 2.46. The first-order chi connectivity index (χ1) is 7.65. The monoisotopic (exact) mass is 243 g/mol. The summed E-state index contributed by atoms with van der Waals surface area (Å²) in [4.78, 5) is 11.7. The Kier molecular flexibility index (Phi) is 4.58. The Balaban J connectivity index is 3.18. The molecule has 0 bridgehead atoms. The van der Waals surface area contributed by atoms with Gasteiger partial charge in [0.05, 0.1) is 25.8 Å². The van der Waals surface area contributed by atoms with Gasteiger partial charge in [-0.1, -0.05) is 11.6 Å². The molecule has 0 saturated heterocycles. The van der Waals surface area contributed by atoms with Gasteiger partial charge in [0, 0.05) is 5.56 Å². The van der Waals surface area contributed by atoms with Gasteiger partial charge in [0.25, 0.3) is 0 Å². The maximum atomic E-state index is 11.7. The lowest BCUT2D eigenvalue weighted by molar-refractivity contribution is 0.0993. The SMILES string of the molecule is CNCC(=O)c1ccc(OC)c(OC)c1Cl. The predicted molar refractivity (Wildman–Crippen MR) is 62.8 cm³/mol. The number of likely N-dealkylation sites (N-methyl/N-ethyl adjacent to an activating group) is 1. The van der Waals surface area contributed by atoms with Crippen molar-refractivity contribution in [3.05, 3.63) is 22.7 Å². The van der Waals surface area contributed by atoms with Crippen molar-refractivity contribution in [2.45, 2.75) is 0 Å². The van der Waals surface area contributed by atoms with Crippen molar-refractivity contribution in [2.75, 3.05) is 27.8 Å². The molecule has 0 aliphatic heterocycles. The summed E-state index contributed by atoms with van der Waals surface area (Å²) >= 11 is 6.07. The first kappa shape index (κ1) is 12.8. The van der Waals surface area contributed by atoms with Crippen LogP contribution in [0.25, 0.3) is 0 Å². The number of methoxy groups -OCH3 is 2. The van der Waals surface area contributed by atoms with E-state index in [9.17, 15) is 4.79 Å². The fraction of sp³-hybridized carbons (Fsp3) is 0.364. The van der Waals surface area contributed by atoms with Crippen LogP contribution in [0.4, 0.5) is 0 Å². The van der Waals surface area contributed by atoms with Gasteiger partial charge in [-0.2, -0.15) is 0 Å². The molecular formula is C11H14ClNO3. The first-order valence-electron chi connectivity index (χ1n) is 4.74. The van der Waals surface area contributed by atoms with E-state index in [-0.39, 0.29) is 17.4 Å². The fourth-order valence-corrected chi connectivity index (χ4v) is 1.70. The lowest BCUT2D eigenvalue weighted by Crippen LogP contribution is -2.19. The second-order valence-corrected chi connectivity index (χ2v) is 3.49. The molecule has 0 unspecified atom stereocenters. The Bertz CT molecular complexity index is 393. The highest BCUT2D eigenvalue weighted by atomic mass is 35.5. The predicted octanol–water partition coefficient (Wildman–Crippen LogP) is 1.76. The van der Waals surface area contributed by atoms with E-state index in [0.717, 1.165) is 0 Å². The molecule has 16 heavy (non-hydrogen) atoms. The Hall–Kier alpha value is -1.26. The van der Waals surface area contributed by atoms with Gasteiger partial charge in [0.2, 0.25) is 0 Å². The highest BCUT2D eigenvalue weighted by Crippen LogP contribution is 2.37. The first-order valence-corrected chi connectivity index (χ1v) is 5.11. The molecule has 0 fully saturated rings. The van der Waals surface area contributed by atoms with Crippen LogP contribution >= 0.6 is 11.6 Å². The minimum atomic E-state index is -0.0894. The molecule has 5 heteroatoms. The summed E-state index contributed by atoms with van der Waals surface area (Å²) in [7, 11) is 4.70. The number of halogens is 1. The maximum Gasteiger partial charge on any atom is 0.180 e. The Morgan fingerprint density at radius 1 is 1.38 bits per heavy atom. The quantitative estimate of drug-likeness (QED) is 0.801. The molecular weight excluding hydrogens is 230 g/mol. The average Bonchev–Trinajstić information content (AvgIpc) is 2.28. The van der Waals surface area contributed by atoms with Gasteiger partial charge in [-0.05, 0) is 19.2 Å². The van der Waals surface area contributed by atoms with Crippen molar-refractivity contribution in [3.8, 4) is 11.5 Å². The largest absolute Gasteiger partial charge is 0.493 e.